The summed E-state index contributed by atoms with van der Waals surface area (Å²) in [4.78, 5) is 0. The Morgan fingerprint density at radius 2 is 1.91 bits per heavy atom. The van der Waals surface area contributed by atoms with Crippen LogP contribution in [0.2, 0.25) is 0 Å². The highest BCUT2D eigenvalue weighted by Crippen LogP contribution is 2.27. The molecule has 22 heavy (non-hydrogen) atoms. The van der Waals surface area contributed by atoms with E-state index in [1.54, 1.807) is 18.0 Å². The lowest BCUT2D eigenvalue weighted by Crippen LogP contribution is -2.07. The van der Waals surface area contributed by atoms with E-state index in [9.17, 15) is 0 Å². The van der Waals surface area contributed by atoms with Crippen molar-refractivity contribution in [3.8, 4) is 11.6 Å². The van der Waals surface area contributed by atoms with Crippen molar-refractivity contribution in [1.29, 1.82) is 0 Å². The Labute approximate surface area is 134 Å². The van der Waals surface area contributed by atoms with Gasteiger partial charge in [0.05, 0.1) is 6.26 Å². The molecule has 0 aliphatic carbocycles. The summed E-state index contributed by atoms with van der Waals surface area (Å²) < 4.78 is 7.64. The first-order valence-corrected chi connectivity index (χ1v) is 8.36. The number of aromatic nitrogens is 3. The van der Waals surface area contributed by atoms with Crippen LogP contribution in [0, 0.1) is 5.92 Å². The Morgan fingerprint density at radius 1 is 1.09 bits per heavy atom. The molecule has 0 N–H and O–H groups in total. The Bertz CT molecular complexity index is 705. The first kappa shape index (κ1) is 14.9. The van der Waals surface area contributed by atoms with Crippen molar-refractivity contribution in [2.24, 2.45) is 5.92 Å². The third-order valence-electron chi connectivity index (χ3n) is 3.22. The highest BCUT2D eigenvalue weighted by atomic mass is 32.2. The molecule has 0 unspecified atom stereocenters. The molecule has 5 heteroatoms. The van der Waals surface area contributed by atoms with Crippen molar-refractivity contribution in [3.63, 3.8) is 0 Å². The standard InChI is InChI=1S/C17H19N3OS/c1-13(2)11-20-16(15-9-6-10-21-15)18-19-17(20)22-12-14-7-4-3-5-8-14/h3-10,13H,11-12H2,1-2H3. The van der Waals surface area contributed by atoms with Crippen molar-refractivity contribution in [1.82, 2.24) is 14.8 Å². The second-order valence-electron chi connectivity index (χ2n) is 5.56. The van der Waals surface area contributed by atoms with Gasteiger partial charge in [-0.15, -0.1) is 10.2 Å². The molecule has 0 aliphatic heterocycles. The first-order valence-electron chi connectivity index (χ1n) is 7.38. The molecule has 1 aromatic carbocycles. The quantitative estimate of drug-likeness (QED) is 0.629. The summed E-state index contributed by atoms with van der Waals surface area (Å²) in [5.74, 6) is 2.96. The van der Waals surface area contributed by atoms with Gasteiger partial charge in [-0.1, -0.05) is 55.9 Å². The van der Waals surface area contributed by atoms with Gasteiger partial charge >= 0.3 is 0 Å². The van der Waals surface area contributed by atoms with Crippen LogP contribution in [0.3, 0.4) is 0 Å². The van der Waals surface area contributed by atoms with Crippen LogP contribution < -0.4 is 0 Å². The normalized spacial score (nSPS) is 11.2. The van der Waals surface area contributed by atoms with Crippen LogP contribution in [-0.2, 0) is 12.3 Å². The third-order valence-corrected chi connectivity index (χ3v) is 4.25. The number of thioether (sulfide) groups is 1. The van der Waals surface area contributed by atoms with Crippen LogP contribution in [0.5, 0.6) is 0 Å². The zero-order valence-electron chi connectivity index (χ0n) is 12.8. The minimum atomic E-state index is 0.515. The Kier molecular flexibility index (Phi) is 4.63. The van der Waals surface area contributed by atoms with Gasteiger partial charge in [-0.05, 0) is 23.6 Å². The molecule has 0 saturated heterocycles. The minimum Gasteiger partial charge on any atom is -0.461 e. The highest BCUT2D eigenvalue weighted by molar-refractivity contribution is 7.98. The van der Waals surface area contributed by atoms with Gasteiger partial charge in [-0.2, -0.15) is 0 Å². The fourth-order valence-electron chi connectivity index (χ4n) is 2.24. The largest absolute Gasteiger partial charge is 0.461 e. The van der Waals surface area contributed by atoms with E-state index in [-0.39, 0.29) is 0 Å². The van der Waals surface area contributed by atoms with Gasteiger partial charge < -0.3 is 4.42 Å². The summed E-state index contributed by atoms with van der Waals surface area (Å²) in [6.45, 7) is 5.26. The number of hydrogen-bond acceptors (Lipinski definition) is 4. The van der Waals surface area contributed by atoms with Crippen LogP contribution in [0.4, 0.5) is 0 Å². The highest BCUT2D eigenvalue weighted by Gasteiger charge is 2.17. The van der Waals surface area contributed by atoms with Gasteiger partial charge in [-0.3, -0.25) is 4.57 Å². The van der Waals surface area contributed by atoms with Crippen molar-refractivity contribution in [3.05, 3.63) is 54.3 Å². The third kappa shape index (κ3) is 3.42. The molecule has 2 aromatic heterocycles. The van der Waals surface area contributed by atoms with Crippen LogP contribution >= 0.6 is 11.8 Å². The van der Waals surface area contributed by atoms with Crippen LogP contribution in [0.1, 0.15) is 19.4 Å². The monoisotopic (exact) mass is 313 g/mol. The van der Waals surface area contributed by atoms with Gasteiger partial charge in [-0.25, -0.2) is 0 Å². The molecule has 0 fully saturated rings. The smallest absolute Gasteiger partial charge is 0.200 e. The number of furan rings is 1. The fourth-order valence-corrected chi connectivity index (χ4v) is 3.14. The zero-order chi connectivity index (χ0) is 15.4. The van der Waals surface area contributed by atoms with Gasteiger partial charge in [0.1, 0.15) is 0 Å². The van der Waals surface area contributed by atoms with Crippen LogP contribution in [-0.4, -0.2) is 14.8 Å². The van der Waals surface area contributed by atoms with Gasteiger partial charge in [0.2, 0.25) is 0 Å². The summed E-state index contributed by atoms with van der Waals surface area (Å²) in [7, 11) is 0. The number of benzene rings is 1. The van der Waals surface area contributed by atoms with Crippen molar-refractivity contribution in [2.75, 3.05) is 0 Å². The van der Waals surface area contributed by atoms with E-state index < -0.39 is 0 Å². The summed E-state index contributed by atoms with van der Waals surface area (Å²) in [6.07, 6.45) is 1.67. The lowest BCUT2D eigenvalue weighted by molar-refractivity contribution is 0.489. The minimum absolute atomic E-state index is 0.515. The molecular formula is C17H19N3OS. The van der Waals surface area contributed by atoms with Crippen molar-refractivity contribution < 1.29 is 4.42 Å². The van der Waals surface area contributed by atoms with Crippen molar-refractivity contribution >= 4 is 11.8 Å². The maximum atomic E-state index is 5.49. The lowest BCUT2D eigenvalue weighted by Gasteiger charge is -2.11. The summed E-state index contributed by atoms with van der Waals surface area (Å²) in [5.41, 5.74) is 1.28. The van der Waals surface area contributed by atoms with Crippen molar-refractivity contribution in [2.45, 2.75) is 31.3 Å². The Balaban J connectivity index is 1.84. The van der Waals surface area contributed by atoms with Gasteiger partial charge in [0.25, 0.3) is 0 Å². The number of nitrogens with zero attached hydrogens (tertiary/aromatic N) is 3. The molecular weight excluding hydrogens is 294 g/mol. The molecule has 4 nitrogen and oxygen atoms in total. The first-order chi connectivity index (χ1) is 10.7. The molecule has 0 radical (unpaired) electrons. The van der Waals surface area contributed by atoms with E-state index >= 15 is 0 Å². The summed E-state index contributed by atoms with van der Waals surface area (Å²) in [6, 6.07) is 14.2. The van der Waals surface area contributed by atoms with Gasteiger partial charge in [0, 0.05) is 12.3 Å². The average Bonchev–Trinajstić information content (AvgIpc) is 3.15. The fraction of sp³-hybridized carbons (Fsp3) is 0.294. The SMILES string of the molecule is CC(C)Cn1c(SCc2ccccc2)nnc1-c1ccco1. The molecule has 114 valence electrons. The van der Waals surface area contributed by atoms with Gasteiger partial charge in [0.15, 0.2) is 16.7 Å². The molecule has 3 aromatic rings. The molecule has 0 saturated carbocycles. The molecule has 0 atom stereocenters. The van der Waals surface area contributed by atoms with E-state index in [4.69, 9.17) is 4.42 Å². The topological polar surface area (TPSA) is 43.9 Å². The van der Waals surface area contributed by atoms with E-state index in [1.807, 2.05) is 18.2 Å². The van der Waals surface area contributed by atoms with E-state index in [0.717, 1.165) is 29.0 Å². The molecule has 0 bridgehead atoms. The lowest BCUT2D eigenvalue weighted by atomic mass is 10.2. The van der Waals surface area contributed by atoms with E-state index in [2.05, 4.69) is 52.9 Å². The summed E-state index contributed by atoms with van der Waals surface area (Å²) >= 11 is 1.71. The summed E-state index contributed by atoms with van der Waals surface area (Å²) in [5, 5.41) is 9.61. The predicted octanol–water partition coefficient (Wildman–Crippen LogP) is 4.49. The number of rotatable bonds is 6. The second-order valence-corrected chi connectivity index (χ2v) is 6.50. The molecule has 2 heterocycles. The second kappa shape index (κ2) is 6.83. The van der Waals surface area contributed by atoms with E-state index in [0.29, 0.717) is 5.92 Å². The molecule has 0 aliphatic rings. The predicted molar refractivity (Wildman–Crippen MR) is 88.6 cm³/mol. The zero-order valence-corrected chi connectivity index (χ0v) is 13.6. The maximum Gasteiger partial charge on any atom is 0.200 e. The average molecular weight is 313 g/mol. The van der Waals surface area contributed by atoms with Crippen LogP contribution in [0.15, 0.2) is 58.3 Å². The molecule has 0 spiro atoms. The Hall–Kier alpha value is -2.01. The number of hydrogen-bond donors (Lipinski definition) is 0. The maximum absolute atomic E-state index is 5.49. The van der Waals surface area contributed by atoms with E-state index in [1.165, 1.54) is 5.56 Å². The molecule has 0 amide bonds. The Morgan fingerprint density at radius 3 is 2.59 bits per heavy atom. The molecule has 3 rings (SSSR count). The van der Waals surface area contributed by atoms with Crippen LogP contribution in [0.25, 0.3) is 11.6 Å².